The van der Waals surface area contributed by atoms with Crippen molar-refractivity contribution in [3.05, 3.63) is 53.2 Å². The fourth-order valence-electron chi connectivity index (χ4n) is 2.63. The van der Waals surface area contributed by atoms with E-state index in [1.165, 1.54) is 12.1 Å². The number of halogens is 3. The molecule has 3 aromatic rings. The van der Waals surface area contributed by atoms with Gasteiger partial charge in [0.25, 0.3) is 0 Å². The molecular weight excluding hydrogens is 351 g/mol. The molecule has 0 aliphatic carbocycles. The molecular formula is C17H16F3N3O3. The molecule has 0 saturated carbocycles. The van der Waals surface area contributed by atoms with Crippen LogP contribution >= 0.6 is 0 Å². The topological polar surface area (TPSA) is 85.2 Å². The van der Waals surface area contributed by atoms with E-state index in [9.17, 15) is 18.3 Å². The van der Waals surface area contributed by atoms with Gasteiger partial charge in [0.15, 0.2) is 11.4 Å². The van der Waals surface area contributed by atoms with Gasteiger partial charge in [0.05, 0.1) is 5.69 Å². The van der Waals surface area contributed by atoms with Crippen LogP contribution in [0.3, 0.4) is 0 Å². The van der Waals surface area contributed by atoms with E-state index >= 15 is 0 Å². The Hall–Kier alpha value is -2.68. The van der Waals surface area contributed by atoms with E-state index in [0.717, 1.165) is 0 Å². The zero-order chi connectivity index (χ0) is 19.1. The first-order valence-electron chi connectivity index (χ1n) is 7.80. The average Bonchev–Trinajstić information content (AvgIpc) is 3.23. The van der Waals surface area contributed by atoms with Crippen molar-refractivity contribution >= 4 is 0 Å². The summed E-state index contributed by atoms with van der Waals surface area (Å²) >= 11 is 0. The Morgan fingerprint density at radius 1 is 1.04 bits per heavy atom. The van der Waals surface area contributed by atoms with Crippen molar-refractivity contribution < 1.29 is 27.3 Å². The Morgan fingerprint density at radius 3 is 2.15 bits per heavy atom. The standard InChI is InChI=1S/C17H16F3N3O3/c1-9(2)16(24,13-8-10(3)22-25-13)12-6-4-11(5-7-12)14-21-15(26-23-14)17(18,19)20/h4-9,24H,1-3H3. The minimum Gasteiger partial charge on any atom is -0.377 e. The summed E-state index contributed by atoms with van der Waals surface area (Å²) in [7, 11) is 0. The van der Waals surface area contributed by atoms with Crippen molar-refractivity contribution in [2.45, 2.75) is 32.5 Å². The van der Waals surface area contributed by atoms with Crippen LogP contribution in [0.1, 0.15) is 36.8 Å². The van der Waals surface area contributed by atoms with E-state index in [-0.39, 0.29) is 17.5 Å². The van der Waals surface area contributed by atoms with E-state index in [2.05, 4.69) is 19.8 Å². The molecule has 1 unspecified atom stereocenters. The molecule has 0 bridgehead atoms. The molecule has 1 N–H and O–H groups in total. The van der Waals surface area contributed by atoms with Crippen LogP contribution < -0.4 is 0 Å². The van der Waals surface area contributed by atoms with Crippen molar-refractivity contribution in [3.63, 3.8) is 0 Å². The summed E-state index contributed by atoms with van der Waals surface area (Å²) in [6.45, 7) is 5.38. The molecule has 26 heavy (non-hydrogen) atoms. The zero-order valence-corrected chi connectivity index (χ0v) is 14.2. The van der Waals surface area contributed by atoms with Crippen LogP contribution in [0.5, 0.6) is 0 Å². The summed E-state index contributed by atoms with van der Waals surface area (Å²) in [5.74, 6) is -1.56. The monoisotopic (exact) mass is 367 g/mol. The predicted molar refractivity (Wildman–Crippen MR) is 83.8 cm³/mol. The minimum absolute atomic E-state index is 0.188. The lowest BCUT2D eigenvalue weighted by Gasteiger charge is -2.30. The van der Waals surface area contributed by atoms with Crippen molar-refractivity contribution in [1.82, 2.24) is 15.3 Å². The Balaban J connectivity index is 1.96. The van der Waals surface area contributed by atoms with E-state index in [1.54, 1.807) is 25.1 Å². The van der Waals surface area contributed by atoms with Gasteiger partial charge in [-0.3, -0.25) is 0 Å². The number of nitrogens with zero attached hydrogens (tertiary/aromatic N) is 3. The number of hydrogen-bond acceptors (Lipinski definition) is 6. The number of aryl methyl sites for hydroxylation is 1. The van der Waals surface area contributed by atoms with Crippen LogP contribution in [0.2, 0.25) is 0 Å². The number of aromatic nitrogens is 3. The lowest BCUT2D eigenvalue weighted by Crippen LogP contribution is -2.33. The van der Waals surface area contributed by atoms with Gasteiger partial charge in [-0.25, -0.2) is 0 Å². The number of aliphatic hydroxyl groups is 1. The first kappa shape index (κ1) is 18.1. The first-order chi connectivity index (χ1) is 12.1. The Kier molecular flexibility index (Phi) is 4.35. The van der Waals surface area contributed by atoms with Crippen LogP contribution in [0.25, 0.3) is 11.4 Å². The molecule has 3 rings (SSSR count). The van der Waals surface area contributed by atoms with Gasteiger partial charge in [-0.15, -0.1) is 0 Å². The number of benzene rings is 1. The predicted octanol–water partition coefficient (Wildman–Crippen LogP) is 3.94. The van der Waals surface area contributed by atoms with Gasteiger partial charge in [0.1, 0.15) is 0 Å². The second kappa shape index (κ2) is 6.24. The first-order valence-corrected chi connectivity index (χ1v) is 7.80. The van der Waals surface area contributed by atoms with Gasteiger partial charge >= 0.3 is 12.1 Å². The summed E-state index contributed by atoms with van der Waals surface area (Å²) in [6.07, 6.45) is -4.70. The third-order valence-electron chi connectivity index (χ3n) is 4.09. The fourth-order valence-corrected chi connectivity index (χ4v) is 2.63. The molecule has 1 atom stereocenters. The molecule has 1 aromatic carbocycles. The van der Waals surface area contributed by atoms with Gasteiger partial charge in [-0.2, -0.15) is 18.2 Å². The van der Waals surface area contributed by atoms with Crippen LogP contribution in [-0.4, -0.2) is 20.4 Å². The van der Waals surface area contributed by atoms with E-state index < -0.39 is 17.7 Å². The minimum atomic E-state index is -4.70. The van der Waals surface area contributed by atoms with Crippen molar-refractivity contribution in [2.24, 2.45) is 5.92 Å². The van der Waals surface area contributed by atoms with Gasteiger partial charge in [-0.1, -0.05) is 48.4 Å². The molecule has 2 heterocycles. The van der Waals surface area contributed by atoms with Gasteiger partial charge in [0.2, 0.25) is 5.82 Å². The summed E-state index contributed by atoms with van der Waals surface area (Å²) in [5, 5.41) is 18.3. The summed E-state index contributed by atoms with van der Waals surface area (Å²) in [4.78, 5) is 3.35. The lowest BCUT2D eigenvalue weighted by molar-refractivity contribution is -0.159. The molecule has 0 fully saturated rings. The molecule has 6 nitrogen and oxygen atoms in total. The number of alkyl halides is 3. The quantitative estimate of drug-likeness (QED) is 0.752. The Labute approximate surface area is 146 Å². The van der Waals surface area contributed by atoms with Gasteiger partial charge < -0.3 is 14.2 Å². The summed E-state index contributed by atoms with van der Waals surface area (Å²) in [6, 6.07) is 7.82. The second-order valence-electron chi connectivity index (χ2n) is 6.25. The molecule has 0 amide bonds. The SMILES string of the molecule is Cc1cc(C(O)(c2ccc(-c3noc(C(F)(F)F)n3)cc2)C(C)C)on1. The molecule has 0 saturated heterocycles. The summed E-state index contributed by atoms with van der Waals surface area (Å²) in [5.41, 5.74) is 0.0238. The van der Waals surface area contributed by atoms with E-state index in [1.807, 2.05) is 13.8 Å². The van der Waals surface area contributed by atoms with Crippen molar-refractivity contribution in [2.75, 3.05) is 0 Å². The van der Waals surface area contributed by atoms with Crippen LogP contribution in [-0.2, 0) is 11.8 Å². The van der Waals surface area contributed by atoms with Crippen molar-refractivity contribution in [3.8, 4) is 11.4 Å². The maximum Gasteiger partial charge on any atom is 0.471 e. The second-order valence-corrected chi connectivity index (χ2v) is 6.25. The average molecular weight is 367 g/mol. The number of rotatable bonds is 4. The zero-order valence-electron chi connectivity index (χ0n) is 14.2. The highest BCUT2D eigenvalue weighted by Gasteiger charge is 2.40. The van der Waals surface area contributed by atoms with Gasteiger partial charge in [0, 0.05) is 11.6 Å². The van der Waals surface area contributed by atoms with Crippen LogP contribution in [0.4, 0.5) is 13.2 Å². The molecule has 0 radical (unpaired) electrons. The largest absolute Gasteiger partial charge is 0.471 e. The van der Waals surface area contributed by atoms with Gasteiger partial charge in [-0.05, 0) is 18.4 Å². The molecule has 2 aromatic heterocycles. The van der Waals surface area contributed by atoms with E-state index in [4.69, 9.17) is 4.52 Å². The maximum atomic E-state index is 12.6. The molecule has 0 aliphatic rings. The highest BCUT2D eigenvalue weighted by Crippen LogP contribution is 2.38. The number of hydrogen-bond donors (Lipinski definition) is 1. The fraction of sp³-hybridized carbons (Fsp3) is 0.353. The normalized spacial score (nSPS) is 14.6. The third kappa shape index (κ3) is 3.10. The smallest absolute Gasteiger partial charge is 0.377 e. The molecule has 0 aliphatic heterocycles. The Bertz CT molecular complexity index is 900. The van der Waals surface area contributed by atoms with Crippen molar-refractivity contribution in [1.29, 1.82) is 0 Å². The Morgan fingerprint density at radius 2 is 1.69 bits per heavy atom. The molecule has 9 heteroatoms. The third-order valence-corrected chi connectivity index (χ3v) is 4.09. The van der Waals surface area contributed by atoms with Crippen LogP contribution in [0.15, 0.2) is 39.4 Å². The molecule has 0 spiro atoms. The highest BCUT2D eigenvalue weighted by molar-refractivity contribution is 5.55. The molecule has 138 valence electrons. The lowest BCUT2D eigenvalue weighted by atomic mass is 9.81. The van der Waals surface area contributed by atoms with E-state index in [0.29, 0.717) is 16.8 Å². The maximum absolute atomic E-state index is 12.6. The highest BCUT2D eigenvalue weighted by atomic mass is 19.4. The van der Waals surface area contributed by atoms with Crippen LogP contribution in [0, 0.1) is 12.8 Å². The summed E-state index contributed by atoms with van der Waals surface area (Å²) < 4.78 is 47.2.